The molecule has 19 heavy (non-hydrogen) atoms. The first-order chi connectivity index (χ1) is 9.16. The minimum absolute atomic E-state index is 0.267. The Morgan fingerprint density at radius 1 is 1.16 bits per heavy atom. The van der Waals surface area contributed by atoms with E-state index in [9.17, 15) is 0 Å². The zero-order valence-corrected chi connectivity index (χ0v) is 11.4. The van der Waals surface area contributed by atoms with E-state index in [1.165, 1.54) is 0 Å². The molecule has 2 aromatic rings. The molecule has 0 aliphatic carbocycles. The summed E-state index contributed by atoms with van der Waals surface area (Å²) in [6.07, 6.45) is 3.27. The number of hydrogen-bond acceptors (Lipinski definition) is 3. The summed E-state index contributed by atoms with van der Waals surface area (Å²) in [5.74, 6) is 0.294. The van der Waals surface area contributed by atoms with Crippen LogP contribution in [0.3, 0.4) is 0 Å². The number of halogens is 2. The van der Waals surface area contributed by atoms with Gasteiger partial charge in [-0.1, -0.05) is 34.4 Å². The second-order valence-corrected chi connectivity index (χ2v) is 4.55. The third kappa shape index (κ3) is 3.84. The fourth-order valence-corrected chi connectivity index (χ4v) is 1.70. The monoisotopic (exact) mass is 295 g/mol. The van der Waals surface area contributed by atoms with Crippen molar-refractivity contribution in [2.75, 3.05) is 0 Å². The van der Waals surface area contributed by atoms with Gasteiger partial charge in [-0.25, -0.2) is 0 Å². The molecule has 0 aliphatic rings. The molecule has 1 aromatic carbocycles. The van der Waals surface area contributed by atoms with Crippen LogP contribution in [0.25, 0.3) is 0 Å². The number of amidine groups is 1. The third-order valence-corrected chi connectivity index (χ3v) is 3.09. The van der Waals surface area contributed by atoms with Gasteiger partial charge in [0.1, 0.15) is 6.61 Å². The van der Waals surface area contributed by atoms with Crippen molar-refractivity contribution in [2.24, 2.45) is 10.9 Å². The lowest BCUT2D eigenvalue weighted by molar-refractivity contribution is 0.130. The molecule has 0 saturated heterocycles. The van der Waals surface area contributed by atoms with Gasteiger partial charge in [-0.3, -0.25) is 4.98 Å². The predicted molar refractivity (Wildman–Crippen MR) is 76.2 cm³/mol. The number of nitrogens with two attached hydrogens (primary N) is 1. The van der Waals surface area contributed by atoms with Gasteiger partial charge >= 0.3 is 0 Å². The number of benzene rings is 1. The molecule has 0 atom stereocenters. The van der Waals surface area contributed by atoms with Gasteiger partial charge in [0, 0.05) is 18.0 Å². The lowest BCUT2D eigenvalue weighted by Crippen LogP contribution is -2.13. The summed E-state index contributed by atoms with van der Waals surface area (Å²) in [6, 6.07) is 8.75. The van der Waals surface area contributed by atoms with Crippen LogP contribution in [-0.4, -0.2) is 10.8 Å². The molecule has 0 aliphatic heterocycles. The predicted octanol–water partition coefficient (Wildman–Crippen LogP) is 3.23. The molecule has 1 aromatic heterocycles. The van der Waals surface area contributed by atoms with Crippen LogP contribution < -0.4 is 5.73 Å². The van der Waals surface area contributed by atoms with E-state index in [2.05, 4.69) is 10.1 Å². The summed E-state index contributed by atoms with van der Waals surface area (Å²) in [5.41, 5.74) is 7.38. The molecule has 0 spiro atoms. The van der Waals surface area contributed by atoms with Crippen molar-refractivity contribution >= 4 is 29.0 Å². The van der Waals surface area contributed by atoms with Gasteiger partial charge in [0.2, 0.25) is 0 Å². The van der Waals surface area contributed by atoms with Crippen molar-refractivity contribution in [3.05, 3.63) is 63.9 Å². The molecule has 2 rings (SSSR count). The van der Waals surface area contributed by atoms with Crippen LogP contribution in [0.5, 0.6) is 0 Å². The minimum atomic E-state index is 0.267. The Hall–Kier alpha value is -1.78. The topological polar surface area (TPSA) is 60.5 Å². The molecule has 0 bridgehead atoms. The number of rotatable bonds is 4. The van der Waals surface area contributed by atoms with E-state index in [0.29, 0.717) is 15.9 Å². The highest BCUT2D eigenvalue weighted by atomic mass is 35.5. The number of hydrogen-bond donors (Lipinski definition) is 1. The van der Waals surface area contributed by atoms with E-state index in [0.717, 1.165) is 11.1 Å². The lowest BCUT2D eigenvalue weighted by atomic mass is 10.2. The Balaban J connectivity index is 1.97. The van der Waals surface area contributed by atoms with Gasteiger partial charge in [-0.05, 0) is 29.8 Å². The van der Waals surface area contributed by atoms with E-state index in [1.807, 2.05) is 6.07 Å². The van der Waals surface area contributed by atoms with Crippen LogP contribution in [0.15, 0.2) is 47.9 Å². The van der Waals surface area contributed by atoms with Gasteiger partial charge in [0.25, 0.3) is 0 Å². The summed E-state index contributed by atoms with van der Waals surface area (Å²) in [5, 5.41) is 4.82. The first-order valence-electron chi connectivity index (χ1n) is 5.46. The SMILES string of the molecule is NC(=NOCc1ccc(Cl)c(Cl)c1)c1ccncc1. The molecule has 0 unspecified atom stereocenters. The Kier molecular flexibility index (Phi) is 4.60. The van der Waals surface area contributed by atoms with Crippen molar-refractivity contribution < 1.29 is 4.84 Å². The molecule has 98 valence electrons. The molecule has 4 nitrogen and oxygen atoms in total. The molecular formula is C13H11Cl2N3O. The third-order valence-electron chi connectivity index (χ3n) is 2.35. The minimum Gasteiger partial charge on any atom is -0.389 e. The van der Waals surface area contributed by atoms with E-state index in [4.69, 9.17) is 33.8 Å². The van der Waals surface area contributed by atoms with E-state index < -0.39 is 0 Å². The highest BCUT2D eigenvalue weighted by molar-refractivity contribution is 6.42. The average molecular weight is 296 g/mol. The highest BCUT2D eigenvalue weighted by Crippen LogP contribution is 2.22. The maximum absolute atomic E-state index is 5.90. The Bertz CT molecular complexity index is 588. The number of pyridine rings is 1. The zero-order chi connectivity index (χ0) is 13.7. The largest absolute Gasteiger partial charge is 0.389 e. The highest BCUT2D eigenvalue weighted by Gasteiger charge is 2.01. The van der Waals surface area contributed by atoms with Crippen LogP contribution in [0.1, 0.15) is 11.1 Å². The van der Waals surface area contributed by atoms with Crippen molar-refractivity contribution in [2.45, 2.75) is 6.61 Å². The summed E-state index contributed by atoms with van der Waals surface area (Å²) in [6.45, 7) is 0.267. The van der Waals surface area contributed by atoms with Gasteiger partial charge < -0.3 is 10.6 Å². The van der Waals surface area contributed by atoms with E-state index in [1.54, 1.807) is 36.7 Å². The van der Waals surface area contributed by atoms with Gasteiger partial charge in [-0.15, -0.1) is 0 Å². The summed E-state index contributed by atoms with van der Waals surface area (Å²) >= 11 is 11.7. The molecule has 0 fully saturated rings. The first kappa shape index (κ1) is 13.6. The van der Waals surface area contributed by atoms with E-state index in [-0.39, 0.29) is 6.61 Å². The smallest absolute Gasteiger partial charge is 0.170 e. The first-order valence-corrected chi connectivity index (χ1v) is 6.22. The van der Waals surface area contributed by atoms with Crippen molar-refractivity contribution in [1.29, 1.82) is 0 Å². The van der Waals surface area contributed by atoms with E-state index >= 15 is 0 Å². The van der Waals surface area contributed by atoms with Crippen LogP contribution in [0.2, 0.25) is 10.0 Å². The molecular weight excluding hydrogens is 285 g/mol. The number of nitrogens with zero attached hydrogens (tertiary/aromatic N) is 2. The van der Waals surface area contributed by atoms with Crippen LogP contribution in [0, 0.1) is 0 Å². The Morgan fingerprint density at radius 3 is 2.58 bits per heavy atom. The Labute approximate surface area is 120 Å². The van der Waals surface area contributed by atoms with Gasteiger partial charge in [0.15, 0.2) is 5.84 Å². The quantitative estimate of drug-likeness (QED) is 0.535. The Morgan fingerprint density at radius 2 is 1.89 bits per heavy atom. The number of oxime groups is 1. The van der Waals surface area contributed by atoms with Crippen LogP contribution in [0.4, 0.5) is 0 Å². The summed E-state index contributed by atoms with van der Waals surface area (Å²) in [7, 11) is 0. The summed E-state index contributed by atoms with van der Waals surface area (Å²) in [4.78, 5) is 9.07. The normalized spacial score (nSPS) is 11.4. The van der Waals surface area contributed by atoms with Crippen LogP contribution in [-0.2, 0) is 11.4 Å². The molecule has 0 radical (unpaired) electrons. The average Bonchev–Trinajstić information content (AvgIpc) is 2.43. The van der Waals surface area contributed by atoms with Crippen LogP contribution >= 0.6 is 23.2 Å². The fourth-order valence-electron chi connectivity index (χ4n) is 1.38. The lowest BCUT2D eigenvalue weighted by Gasteiger charge is -2.03. The second kappa shape index (κ2) is 6.41. The van der Waals surface area contributed by atoms with Crippen molar-refractivity contribution in [3.8, 4) is 0 Å². The second-order valence-electron chi connectivity index (χ2n) is 3.73. The maximum Gasteiger partial charge on any atom is 0.170 e. The number of aromatic nitrogens is 1. The molecule has 1 heterocycles. The molecule has 0 saturated carbocycles. The standard InChI is InChI=1S/C13H11Cl2N3O/c14-11-2-1-9(7-12(11)15)8-19-18-13(16)10-3-5-17-6-4-10/h1-7H,8H2,(H2,16,18). The van der Waals surface area contributed by atoms with Gasteiger partial charge in [-0.2, -0.15) is 0 Å². The van der Waals surface area contributed by atoms with Crippen molar-refractivity contribution in [1.82, 2.24) is 4.98 Å². The molecule has 6 heteroatoms. The molecule has 0 amide bonds. The fraction of sp³-hybridized carbons (Fsp3) is 0.0769. The zero-order valence-electron chi connectivity index (χ0n) is 9.88. The van der Waals surface area contributed by atoms with Gasteiger partial charge in [0.05, 0.1) is 10.0 Å². The maximum atomic E-state index is 5.90. The van der Waals surface area contributed by atoms with Crippen molar-refractivity contribution in [3.63, 3.8) is 0 Å². The summed E-state index contributed by atoms with van der Waals surface area (Å²) < 4.78 is 0. The molecule has 2 N–H and O–H groups in total.